The third-order valence-corrected chi connectivity index (χ3v) is 2.90. The normalized spacial score (nSPS) is 15.9. The van der Waals surface area contributed by atoms with Gasteiger partial charge in [-0.3, -0.25) is 0 Å². The van der Waals surface area contributed by atoms with E-state index in [0.29, 0.717) is 0 Å². The van der Waals surface area contributed by atoms with E-state index in [1.807, 2.05) is 0 Å². The molecule has 0 aromatic heterocycles. The minimum atomic E-state index is 1.00. The minimum absolute atomic E-state index is 1.00. The van der Waals surface area contributed by atoms with Crippen molar-refractivity contribution >= 4 is 11.3 Å². The van der Waals surface area contributed by atoms with E-state index in [4.69, 9.17) is 0 Å². The van der Waals surface area contributed by atoms with Crippen LogP contribution in [0.15, 0.2) is 54.3 Å². The Bertz CT molecular complexity index is 488. The van der Waals surface area contributed by atoms with Gasteiger partial charge in [0.25, 0.3) is 0 Å². The molecule has 1 nitrogen and oxygen atoms in total. The highest BCUT2D eigenvalue weighted by Gasteiger charge is 2.13. The maximum absolute atomic E-state index is 2.27. The predicted octanol–water partition coefficient (Wildman–Crippen LogP) is 4.39. The second kappa shape index (κ2) is 5.05. The molecule has 1 heterocycles. The van der Waals surface area contributed by atoms with Gasteiger partial charge >= 0.3 is 0 Å². The van der Waals surface area contributed by atoms with Crippen molar-refractivity contribution in [3.05, 3.63) is 59.8 Å². The van der Waals surface area contributed by atoms with Crippen molar-refractivity contribution in [3.8, 4) is 0 Å². The second-order valence-corrected chi connectivity index (χ2v) is 4.48. The van der Waals surface area contributed by atoms with Crippen LogP contribution in [-0.4, -0.2) is 6.54 Å². The topological polar surface area (TPSA) is 3.24 Å². The van der Waals surface area contributed by atoms with E-state index in [2.05, 4.69) is 74.4 Å². The van der Waals surface area contributed by atoms with Crippen LogP contribution in [0.5, 0.6) is 0 Å². The standard InChI is InChI=1S/C16H19N/c1-4-17-12-11-14(10-9-13(2)3)15-7-5-6-8-16(15)17/h5-12H,4H2,1-3H3/b14-10+. The number of rotatable bonds is 2. The Hall–Kier alpha value is -1.76. The second-order valence-electron chi connectivity index (χ2n) is 4.48. The molecule has 88 valence electrons. The molecule has 0 fully saturated rings. The quantitative estimate of drug-likeness (QED) is 0.721. The maximum atomic E-state index is 2.27. The summed E-state index contributed by atoms with van der Waals surface area (Å²) in [5, 5.41) is 0. The zero-order valence-corrected chi connectivity index (χ0v) is 10.8. The van der Waals surface area contributed by atoms with Gasteiger partial charge in [-0.15, -0.1) is 0 Å². The van der Waals surface area contributed by atoms with Gasteiger partial charge in [0.1, 0.15) is 0 Å². The molecule has 0 saturated heterocycles. The smallest absolute Gasteiger partial charge is 0.0485 e. The van der Waals surface area contributed by atoms with Gasteiger partial charge < -0.3 is 4.90 Å². The summed E-state index contributed by atoms with van der Waals surface area (Å²) in [4.78, 5) is 2.27. The predicted molar refractivity (Wildman–Crippen MR) is 76.0 cm³/mol. The monoisotopic (exact) mass is 225 g/mol. The number of fused-ring (bicyclic) bond motifs is 1. The number of hydrogen-bond donors (Lipinski definition) is 0. The van der Waals surface area contributed by atoms with Crippen LogP contribution >= 0.6 is 0 Å². The first-order chi connectivity index (χ1) is 8.22. The summed E-state index contributed by atoms with van der Waals surface area (Å²) in [6, 6.07) is 8.56. The maximum Gasteiger partial charge on any atom is 0.0485 e. The van der Waals surface area contributed by atoms with E-state index < -0.39 is 0 Å². The first-order valence-electron chi connectivity index (χ1n) is 6.12. The Labute approximate surface area is 104 Å². The number of anilines is 1. The molecule has 0 spiro atoms. The van der Waals surface area contributed by atoms with Crippen LogP contribution in [-0.2, 0) is 0 Å². The van der Waals surface area contributed by atoms with Crippen LogP contribution in [0, 0.1) is 0 Å². The van der Waals surface area contributed by atoms with Crippen molar-refractivity contribution in [2.24, 2.45) is 0 Å². The number of allylic oxidation sites excluding steroid dienone is 5. The van der Waals surface area contributed by atoms with E-state index in [1.165, 1.54) is 22.4 Å². The Morgan fingerprint density at radius 1 is 1.24 bits per heavy atom. The van der Waals surface area contributed by atoms with E-state index in [0.717, 1.165) is 6.54 Å². The van der Waals surface area contributed by atoms with Crippen molar-refractivity contribution in [3.63, 3.8) is 0 Å². The van der Waals surface area contributed by atoms with Crippen molar-refractivity contribution < 1.29 is 0 Å². The first kappa shape index (κ1) is 11.7. The van der Waals surface area contributed by atoms with Crippen LogP contribution in [0.1, 0.15) is 26.3 Å². The van der Waals surface area contributed by atoms with Crippen molar-refractivity contribution in [1.82, 2.24) is 0 Å². The highest BCUT2D eigenvalue weighted by molar-refractivity contribution is 5.86. The molecule has 17 heavy (non-hydrogen) atoms. The van der Waals surface area contributed by atoms with Crippen LogP contribution < -0.4 is 4.90 Å². The SMILES string of the molecule is CCN1C=C/C(=C\C=C(C)C)c2ccccc21. The fraction of sp³-hybridized carbons (Fsp3) is 0.250. The number of hydrogen-bond acceptors (Lipinski definition) is 1. The fourth-order valence-corrected chi connectivity index (χ4v) is 1.99. The van der Waals surface area contributed by atoms with Gasteiger partial charge in [0.2, 0.25) is 0 Å². The molecule has 0 atom stereocenters. The zero-order chi connectivity index (χ0) is 12.3. The van der Waals surface area contributed by atoms with E-state index in [1.54, 1.807) is 0 Å². The Kier molecular flexibility index (Phi) is 3.48. The minimum Gasteiger partial charge on any atom is -0.348 e. The molecule has 0 aliphatic carbocycles. The number of para-hydroxylation sites is 1. The molecule has 1 aromatic carbocycles. The summed E-state index contributed by atoms with van der Waals surface area (Å²) in [5.74, 6) is 0. The molecule has 1 aliphatic rings. The van der Waals surface area contributed by atoms with Crippen LogP contribution in [0.25, 0.3) is 5.57 Å². The summed E-state index contributed by atoms with van der Waals surface area (Å²) < 4.78 is 0. The molecule has 1 aliphatic heterocycles. The lowest BCUT2D eigenvalue weighted by atomic mass is 9.99. The van der Waals surface area contributed by atoms with Gasteiger partial charge in [0.05, 0.1) is 0 Å². The Balaban J connectivity index is 2.46. The van der Waals surface area contributed by atoms with Gasteiger partial charge in [-0.05, 0) is 38.5 Å². The first-order valence-corrected chi connectivity index (χ1v) is 6.12. The van der Waals surface area contributed by atoms with Gasteiger partial charge in [-0.25, -0.2) is 0 Å². The van der Waals surface area contributed by atoms with Gasteiger partial charge in [-0.1, -0.05) is 35.9 Å². The van der Waals surface area contributed by atoms with Crippen molar-refractivity contribution in [2.75, 3.05) is 11.4 Å². The van der Waals surface area contributed by atoms with Crippen LogP contribution in [0.3, 0.4) is 0 Å². The lowest BCUT2D eigenvalue weighted by Gasteiger charge is -2.26. The van der Waals surface area contributed by atoms with Crippen molar-refractivity contribution in [1.29, 1.82) is 0 Å². The van der Waals surface area contributed by atoms with Gasteiger partial charge in [0.15, 0.2) is 0 Å². The average molecular weight is 225 g/mol. The Morgan fingerprint density at radius 3 is 2.71 bits per heavy atom. The van der Waals surface area contributed by atoms with E-state index in [-0.39, 0.29) is 0 Å². The third kappa shape index (κ3) is 2.50. The number of benzene rings is 1. The molecular weight excluding hydrogens is 206 g/mol. The summed E-state index contributed by atoms with van der Waals surface area (Å²) in [6.07, 6.45) is 8.70. The van der Waals surface area contributed by atoms with E-state index in [9.17, 15) is 0 Å². The van der Waals surface area contributed by atoms with Crippen molar-refractivity contribution in [2.45, 2.75) is 20.8 Å². The summed E-state index contributed by atoms with van der Waals surface area (Å²) in [5.41, 5.74) is 5.22. The highest BCUT2D eigenvalue weighted by Crippen LogP contribution is 2.32. The summed E-state index contributed by atoms with van der Waals surface area (Å²) in [6.45, 7) is 7.41. The van der Waals surface area contributed by atoms with E-state index >= 15 is 0 Å². The zero-order valence-electron chi connectivity index (χ0n) is 10.8. The molecule has 1 heteroatoms. The average Bonchev–Trinajstić information content (AvgIpc) is 2.35. The van der Waals surface area contributed by atoms with Gasteiger partial charge in [0, 0.05) is 24.0 Å². The van der Waals surface area contributed by atoms with Crippen LogP contribution in [0.2, 0.25) is 0 Å². The number of nitrogens with zero attached hydrogens (tertiary/aromatic N) is 1. The molecule has 0 unspecified atom stereocenters. The molecular formula is C16H19N. The van der Waals surface area contributed by atoms with Crippen LogP contribution in [0.4, 0.5) is 5.69 Å². The lowest BCUT2D eigenvalue weighted by Crippen LogP contribution is -2.18. The molecule has 0 N–H and O–H groups in total. The molecule has 2 rings (SSSR count). The Morgan fingerprint density at radius 2 is 2.00 bits per heavy atom. The molecule has 0 bridgehead atoms. The molecule has 1 aromatic rings. The molecule has 0 radical (unpaired) electrons. The molecule has 0 amide bonds. The third-order valence-electron chi connectivity index (χ3n) is 2.90. The summed E-state index contributed by atoms with van der Waals surface area (Å²) in [7, 11) is 0. The van der Waals surface area contributed by atoms with Gasteiger partial charge in [-0.2, -0.15) is 0 Å². The fourth-order valence-electron chi connectivity index (χ4n) is 1.99. The molecule has 0 saturated carbocycles. The highest BCUT2D eigenvalue weighted by atomic mass is 15.1. The largest absolute Gasteiger partial charge is 0.348 e. The summed E-state index contributed by atoms with van der Waals surface area (Å²) >= 11 is 0. The lowest BCUT2D eigenvalue weighted by molar-refractivity contribution is 1.01.